The fourth-order valence-corrected chi connectivity index (χ4v) is 4.84. The molecule has 38 heavy (non-hydrogen) atoms. The Labute approximate surface area is 222 Å². The van der Waals surface area contributed by atoms with Crippen molar-refractivity contribution in [3.8, 4) is 17.0 Å². The van der Waals surface area contributed by atoms with Crippen molar-refractivity contribution < 1.29 is 14.3 Å². The lowest BCUT2D eigenvalue weighted by Crippen LogP contribution is -2.38. The van der Waals surface area contributed by atoms with E-state index in [2.05, 4.69) is 39.7 Å². The number of benzene rings is 2. The van der Waals surface area contributed by atoms with Crippen molar-refractivity contribution in [3.05, 3.63) is 95.4 Å². The van der Waals surface area contributed by atoms with Gasteiger partial charge in [0, 0.05) is 55.4 Å². The minimum Gasteiger partial charge on any atom is -0.481 e. The van der Waals surface area contributed by atoms with Crippen LogP contribution in [0.25, 0.3) is 11.1 Å². The molecule has 8 heteroatoms. The maximum absolute atomic E-state index is 13.3. The molecule has 0 atom stereocenters. The first-order valence-corrected chi connectivity index (χ1v) is 12.7. The molecule has 3 heterocycles. The van der Waals surface area contributed by atoms with Crippen LogP contribution in [0.4, 0.5) is 5.69 Å². The molecule has 5 rings (SSSR count). The van der Waals surface area contributed by atoms with Crippen LogP contribution in [0.15, 0.2) is 73.2 Å². The SMILES string of the molecule is COc1ccc(C(=O)Nc2cc(C(=O)N3CCC(c4ccc(-c5cnn(C)c5)cc4)CC3)ccc2C)cn1. The molecule has 2 amide bonds. The number of aryl methyl sites for hydroxylation is 2. The summed E-state index contributed by atoms with van der Waals surface area (Å²) in [6.45, 7) is 3.29. The minimum absolute atomic E-state index is 0.0167. The van der Waals surface area contributed by atoms with Gasteiger partial charge in [0.2, 0.25) is 5.88 Å². The molecule has 0 bridgehead atoms. The van der Waals surface area contributed by atoms with Gasteiger partial charge in [0.15, 0.2) is 0 Å². The molecule has 8 nitrogen and oxygen atoms in total. The zero-order valence-electron chi connectivity index (χ0n) is 21.8. The number of rotatable bonds is 6. The molecule has 2 aromatic heterocycles. The van der Waals surface area contributed by atoms with E-state index in [1.807, 2.05) is 43.4 Å². The van der Waals surface area contributed by atoms with Crippen LogP contribution in [0.5, 0.6) is 5.88 Å². The van der Waals surface area contributed by atoms with E-state index in [-0.39, 0.29) is 11.8 Å². The smallest absolute Gasteiger partial charge is 0.257 e. The summed E-state index contributed by atoms with van der Waals surface area (Å²) in [4.78, 5) is 32.0. The summed E-state index contributed by atoms with van der Waals surface area (Å²) < 4.78 is 6.86. The quantitative estimate of drug-likeness (QED) is 0.392. The van der Waals surface area contributed by atoms with E-state index in [4.69, 9.17) is 4.74 Å². The summed E-state index contributed by atoms with van der Waals surface area (Å²) in [5.74, 6) is 0.559. The Kier molecular flexibility index (Phi) is 7.22. The van der Waals surface area contributed by atoms with Gasteiger partial charge in [-0.05, 0) is 60.6 Å². The summed E-state index contributed by atoms with van der Waals surface area (Å²) in [6, 6.07) is 17.4. The molecule has 0 aliphatic carbocycles. The Balaban J connectivity index is 1.21. The maximum Gasteiger partial charge on any atom is 0.257 e. The van der Waals surface area contributed by atoms with Crippen molar-refractivity contribution >= 4 is 17.5 Å². The molecular formula is C30H31N5O3. The van der Waals surface area contributed by atoms with Crippen molar-refractivity contribution in [1.82, 2.24) is 19.7 Å². The van der Waals surface area contributed by atoms with E-state index < -0.39 is 0 Å². The van der Waals surface area contributed by atoms with Crippen LogP contribution >= 0.6 is 0 Å². The van der Waals surface area contributed by atoms with Crippen LogP contribution in [0, 0.1) is 6.92 Å². The number of pyridine rings is 1. The summed E-state index contributed by atoms with van der Waals surface area (Å²) in [5, 5.41) is 7.16. The normalized spacial score (nSPS) is 13.8. The predicted octanol–water partition coefficient (Wildman–Crippen LogP) is 5.07. The number of likely N-dealkylation sites (tertiary alicyclic amines) is 1. The van der Waals surface area contributed by atoms with Crippen molar-refractivity contribution in [3.63, 3.8) is 0 Å². The van der Waals surface area contributed by atoms with Gasteiger partial charge in [-0.1, -0.05) is 30.3 Å². The number of hydrogen-bond acceptors (Lipinski definition) is 5. The number of ether oxygens (including phenoxy) is 1. The summed E-state index contributed by atoms with van der Waals surface area (Å²) in [7, 11) is 3.44. The van der Waals surface area contributed by atoms with Gasteiger partial charge in [0.25, 0.3) is 11.8 Å². The number of piperidine rings is 1. The third kappa shape index (κ3) is 5.44. The fraction of sp³-hybridized carbons (Fsp3) is 0.267. The summed E-state index contributed by atoms with van der Waals surface area (Å²) in [6.07, 6.45) is 7.18. The molecule has 1 aliphatic rings. The van der Waals surface area contributed by atoms with Crippen molar-refractivity contribution in [2.24, 2.45) is 7.05 Å². The Bertz CT molecular complexity index is 1440. The van der Waals surface area contributed by atoms with Crippen LogP contribution in [0.3, 0.4) is 0 Å². The zero-order chi connectivity index (χ0) is 26.6. The van der Waals surface area contributed by atoms with Crippen molar-refractivity contribution in [2.75, 3.05) is 25.5 Å². The second-order valence-electron chi connectivity index (χ2n) is 9.66. The largest absolute Gasteiger partial charge is 0.481 e. The van der Waals surface area contributed by atoms with Gasteiger partial charge in [0.1, 0.15) is 0 Å². The molecule has 1 saturated heterocycles. The van der Waals surface area contributed by atoms with E-state index in [0.717, 1.165) is 29.5 Å². The lowest BCUT2D eigenvalue weighted by atomic mass is 9.88. The van der Waals surface area contributed by atoms with Crippen LogP contribution in [0.2, 0.25) is 0 Å². The van der Waals surface area contributed by atoms with Crippen molar-refractivity contribution in [1.29, 1.82) is 0 Å². The Hall–Kier alpha value is -4.46. The minimum atomic E-state index is -0.289. The van der Waals surface area contributed by atoms with Gasteiger partial charge < -0.3 is 15.0 Å². The number of methoxy groups -OCH3 is 1. The number of aromatic nitrogens is 3. The Morgan fingerprint density at radius 3 is 2.32 bits per heavy atom. The molecule has 0 spiro atoms. The highest BCUT2D eigenvalue weighted by Gasteiger charge is 2.25. The molecule has 1 aliphatic heterocycles. The van der Waals surface area contributed by atoms with Gasteiger partial charge in [-0.2, -0.15) is 5.10 Å². The molecule has 2 aromatic carbocycles. The number of hydrogen-bond donors (Lipinski definition) is 1. The summed E-state index contributed by atoms with van der Waals surface area (Å²) >= 11 is 0. The molecular weight excluding hydrogens is 478 g/mol. The van der Waals surface area contributed by atoms with Gasteiger partial charge in [-0.25, -0.2) is 4.98 Å². The molecule has 1 fully saturated rings. The molecule has 0 radical (unpaired) electrons. The Morgan fingerprint density at radius 2 is 1.68 bits per heavy atom. The van der Waals surface area contributed by atoms with Crippen LogP contribution in [-0.4, -0.2) is 51.7 Å². The van der Waals surface area contributed by atoms with Crippen LogP contribution in [0.1, 0.15) is 50.6 Å². The highest BCUT2D eigenvalue weighted by molar-refractivity contribution is 6.05. The first kappa shape index (κ1) is 25.2. The molecule has 0 unspecified atom stereocenters. The van der Waals surface area contributed by atoms with Crippen molar-refractivity contribution in [2.45, 2.75) is 25.7 Å². The van der Waals surface area contributed by atoms with E-state index in [9.17, 15) is 9.59 Å². The van der Waals surface area contributed by atoms with Gasteiger partial charge >= 0.3 is 0 Å². The number of anilines is 1. The predicted molar refractivity (Wildman–Crippen MR) is 146 cm³/mol. The Morgan fingerprint density at radius 1 is 0.947 bits per heavy atom. The molecule has 194 valence electrons. The summed E-state index contributed by atoms with van der Waals surface area (Å²) in [5.41, 5.74) is 6.03. The third-order valence-electron chi connectivity index (χ3n) is 7.14. The maximum atomic E-state index is 13.3. The molecule has 4 aromatic rings. The first-order chi connectivity index (χ1) is 18.4. The van der Waals surface area contributed by atoms with Gasteiger partial charge in [0.05, 0.1) is 18.9 Å². The highest BCUT2D eigenvalue weighted by Crippen LogP contribution is 2.31. The van der Waals surface area contributed by atoms with E-state index in [0.29, 0.717) is 41.7 Å². The standard InChI is InChI=1S/C30H31N5O3/c1-20-4-5-24(16-27(20)33-29(36)25-10-11-28(38-3)31-17-25)30(37)35-14-12-23(13-15-35)21-6-8-22(9-7-21)26-18-32-34(2)19-26/h4-11,16-19,23H,12-15H2,1-3H3,(H,33,36). The van der Waals surface area contributed by atoms with E-state index in [1.54, 1.807) is 22.9 Å². The number of amides is 2. The second kappa shape index (κ2) is 10.9. The van der Waals surface area contributed by atoms with E-state index in [1.165, 1.54) is 18.9 Å². The average Bonchev–Trinajstić information content (AvgIpc) is 3.40. The number of carbonyl (C=O) groups is 2. The third-order valence-corrected chi connectivity index (χ3v) is 7.14. The number of nitrogens with one attached hydrogen (secondary N) is 1. The van der Waals surface area contributed by atoms with Gasteiger partial charge in [-0.3, -0.25) is 14.3 Å². The topological polar surface area (TPSA) is 89.4 Å². The van der Waals surface area contributed by atoms with Crippen LogP contribution in [-0.2, 0) is 7.05 Å². The zero-order valence-corrected chi connectivity index (χ0v) is 21.8. The lowest BCUT2D eigenvalue weighted by molar-refractivity contribution is 0.0712. The lowest BCUT2D eigenvalue weighted by Gasteiger charge is -2.32. The van der Waals surface area contributed by atoms with Crippen LogP contribution < -0.4 is 10.1 Å². The molecule has 1 N–H and O–H groups in total. The monoisotopic (exact) mass is 509 g/mol. The average molecular weight is 510 g/mol. The van der Waals surface area contributed by atoms with Gasteiger partial charge in [-0.15, -0.1) is 0 Å². The highest BCUT2D eigenvalue weighted by atomic mass is 16.5. The molecule has 0 saturated carbocycles. The number of carbonyl (C=O) groups excluding carboxylic acids is 2. The fourth-order valence-electron chi connectivity index (χ4n) is 4.84. The van der Waals surface area contributed by atoms with E-state index >= 15 is 0 Å². The first-order valence-electron chi connectivity index (χ1n) is 12.7. The number of nitrogens with zero attached hydrogens (tertiary/aromatic N) is 4. The second-order valence-corrected chi connectivity index (χ2v) is 9.66.